The Labute approximate surface area is 263 Å². The summed E-state index contributed by atoms with van der Waals surface area (Å²) in [5.74, 6) is -4.30. The van der Waals surface area contributed by atoms with Crippen molar-refractivity contribution in [2.45, 2.75) is 82.0 Å². The van der Waals surface area contributed by atoms with Gasteiger partial charge in [-0.3, -0.25) is 14.3 Å². The van der Waals surface area contributed by atoms with Crippen molar-refractivity contribution >= 4 is 50.5 Å². The minimum atomic E-state index is -3.59. The summed E-state index contributed by atoms with van der Waals surface area (Å²) in [6.45, 7) is 4.73. The van der Waals surface area contributed by atoms with E-state index in [0.717, 1.165) is 15.8 Å². The number of ether oxygens (including phenoxy) is 1. The number of hydrogen-bond acceptors (Lipinski definition) is 8. The minimum Gasteiger partial charge on any atom is -0.442 e. The Bertz CT molecular complexity index is 1760. The maximum absolute atomic E-state index is 14.9. The third-order valence-corrected chi connectivity index (χ3v) is 8.65. The van der Waals surface area contributed by atoms with E-state index in [2.05, 4.69) is 20.1 Å². The lowest BCUT2D eigenvalue weighted by molar-refractivity contribution is -0.146. The lowest BCUT2D eigenvalue weighted by Gasteiger charge is -2.42. The fraction of sp³-hybridized carbons (Fsp3) is 0.500. The molecule has 248 valence electrons. The van der Waals surface area contributed by atoms with Crippen molar-refractivity contribution < 1.29 is 40.7 Å². The van der Waals surface area contributed by atoms with Gasteiger partial charge in [0, 0.05) is 24.9 Å². The molecule has 1 aliphatic carbocycles. The summed E-state index contributed by atoms with van der Waals surface area (Å²) in [5.41, 5.74) is -1.07. The van der Waals surface area contributed by atoms with Crippen LogP contribution in [0.2, 0.25) is 0 Å². The van der Waals surface area contributed by atoms with Gasteiger partial charge in [-0.05, 0) is 63.4 Å². The summed E-state index contributed by atoms with van der Waals surface area (Å²) in [6.07, 6.45) is -1.95. The van der Waals surface area contributed by atoms with E-state index >= 15 is 0 Å². The van der Waals surface area contributed by atoms with E-state index in [9.17, 15) is 36.0 Å². The summed E-state index contributed by atoms with van der Waals surface area (Å²) >= 11 is 0. The van der Waals surface area contributed by atoms with Crippen LogP contribution in [0.4, 0.5) is 29.5 Å². The third-order valence-electron chi connectivity index (χ3n) is 8.04. The first-order valence-corrected chi connectivity index (χ1v) is 16.6. The summed E-state index contributed by atoms with van der Waals surface area (Å²) in [6, 6.07) is 7.51. The van der Waals surface area contributed by atoms with Gasteiger partial charge >= 0.3 is 6.09 Å². The number of carbonyl (C=O) groups is 3. The molecule has 16 heteroatoms. The van der Waals surface area contributed by atoms with E-state index in [4.69, 9.17) is 4.74 Å². The topological polar surface area (TPSA) is 153 Å². The van der Waals surface area contributed by atoms with Gasteiger partial charge in [-0.2, -0.15) is 9.78 Å². The number of sulfonamides is 1. The number of aromatic nitrogens is 3. The van der Waals surface area contributed by atoms with Gasteiger partial charge in [0.25, 0.3) is 0 Å². The largest absolute Gasteiger partial charge is 0.442 e. The first-order valence-electron chi connectivity index (χ1n) is 14.7. The maximum atomic E-state index is 14.9. The van der Waals surface area contributed by atoms with Crippen LogP contribution in [0.25, 0.3) is 11.0 Å². The Kier molecular flexibility index (Phi) is 8.55. The van der Waals surface area contributed by atoms with Crippen LogP contribution in [0.5, 0.6) is 0 Å². The van der Waals surface area contributed by atoms with E-state index in [1.807, 2.05) is 0 Å². The molecule has 2 N–H and O–H groups in total. The molecular formula is C30H35F3N6O6S. The number of rotatable bonds is 6. The van der Waals surface area contributed by atoms with Gasteiger partial charge in [-0.25, -0.2) is 31.4 Å². The second kappa shape index (κ2) is 11.9. The molecule has 2 amide bonds. The predicted octanol–water partition coefficient (Wildman–Crippen LogP) is 4.61. The first-order chi connectivity index (χ1) is 21.4. The number of hydrogen-bond donors (Lipinski definition) is 2. The molecule has 2 aromatic heterocycles. The van der Waals surface area contributed by atoms with E-state index in [0.29, 0.717) is 11.1 Å². The number of carbonyl (C=O) groups excluding carboxylic acids is 3. The highest BCUT2D eigenvalue weighted by Crippen LogP contribution is 2.47. The molecule has 0 spiro atoms. The van der Waals surface area contributed by atoms with Crippen LogP contribution in [0.1, 0.15) is 58.4 Å². The molecule has 12 nitrogen and oxygen atoms in total. The number of benzene rings is 1. The van der Waals surface area contributed by atoms with E-state index < -0.39 is 76.5 Å². The van der Waals surface area contributed by atoms with Crippen LogP contribution in [0.3, 0.4) is 0 Å². The normalized spacial score (nSPS) is 21.2. The third kappa shape index (κ3) is 7.11. The molecule has 0 unspecified atom stereocenters. The molecule has 1 aromatic carbocycles. The highest BCUT2D eigenvalue weighted by atomic mass is 32.2. The van der Waals surface area contributed by atoms with E-state index in [1.54, 1.807) is 20.8 Å². The number of pyridine rings is 1. The van der Waals surface area contributed by atoms with Gasteiger partial charge < -0.3 is 15.0 Å². The molecular weight excluding hydrogens is 629 g/mol. The maximum Gasteiger partial charge on any atom is 0.435 e. The number of fused-ring (bicyclic) bond motifs is 1. The average molecular weight is 665 g/mol. The number of halogens is 3. The Hall–Kier alpha value is -4.21. The summed E-state index contributed by atoms with van der Waals surface area (Å²) in [5, 5.41) is 6.63. The van der Waals surface area contributed by atoms with Crippen LogP contribution >= 0.6 is 0 Å². The number of likely N-dealkylation sites (tertiary alicyclic amines) is 1. The number of anilines is 2. The second-order valence-electron chi connectivity index (χ2n) is 12.8. The van der Waals surface area contributed by atoms with Gasteiger partial charge in [0.2, 0.25) is 27.8 Å². The van der Waals surface area contributed by atoms with Crippen LogP contribution in [-0.4, -0.2) is 82.5 Å². The lowest BCUT2D eigenvalue weighted by Crippen LogP contribution is -2.54. The molecule has 2 atom stereocenters. The van der Waals surface area contributed by atoms with Gasteiger partial charge in [0.15, 0.2) is 0 Å². The molecule has 46 heavy (non-hydrogen) atoms. The Balaban J connectivity index is 1.39. The molecule has 3 heterocycles. The molecule has 1 saturated heterocycles. The quantitative estimate of drug-likeness (QED) is 0.388. The van der Waals surface area contributed by atoms with Crippen molar-refractivity contribution in [1.29, 1.82) is 0 Å². The van der Waals surface area contributed by atoms with Crippen molar-refractivity contribution in [1.82, 2.24) is 19.7 Å². The molecule has 1 aliphatic heterocycles. The van der Waals surface area contributed by atoms with Crippen molar-refractivity contribution in [3.8, 4) is 0 Å². The number of nitrogens with zero attached hydrogens (tertiary/aromatic N) is 4. The van der Waals surface area contributed by atoms with Crippen LogP contribution in [-0.2, 0) is 29.8 Å². The second-order valence-corrected chi connectivity index (χ2v) is 14.6. The van der Waals surface area contributed by atoms with Gasteiger partial charge in [0.1, 0.15) is 29.1 Å². The predicted molar refractivity (Wildman–Crippen MR) is 163 cm³/mol. The zero-order chi connectivity index (χ0) is 33.7. The zero-order valence-corrected chi connectivity index (χ0v) is 26.5. The monoisotopic (exact) mass is 664 g/mol. The minimum absolute atomic E-state index is 0.0666. The number of alkyl halides is 3. The van der Waals surface area contributed by atoms with Crippen LogP contribution in [0.15, 0.2) is 42.6 Å². The molecule has 2 aliphatic rings. The van der Waals surface area contributed by atoms with Crippen molar-refractivity contribution in [2.24, 2.45) is 0 Å². The van der Waals surface area contributed by atoms with Crippen molar-refractivity contribution in [3.05, 3.63) is 48.2 Å². The SMILES string of the molecule is CC(C)(C)OC(=O)n1ncc2nc(NC(=O)[C@H]3C[C@@H](F)CN3C(=O)C3(c4ccc(NS(C)(=O)=O)cc4)CCC(F)(F)CC3)ccc21. The van der Waals surface area contributed by atoms with Gasteiger partial charge in [-0.1, -0.05) is 12.1 Å². The summed E-state index contributed by atoms with van der Waals surface area (Å²) < 4.78 is 75.5. The Morgan fingerprint density at radius 2 is 1.67 bits per heavy atom. The molecule has 2 fully saturated rings. The first kappa shape index (κ1) is 33.2. The van der Waals surface area contributed by atoms with Crippen LogP contribution in [0, 0.1) is 0 Å². The number of amides is 2. The van der Waals surface area contributed by atoms with Crippen molar-refractivity contribution in [3.63, 3.8) is 0 Å². The summed E-state index contributed by atoms with van der Waals surface area (Å²) in [4.78, 5) is 45.7. The molecule has 0 bridgehead atoms. The molecule has 3 aromatic rings. The fourth-order valence-corrected chi connectivity index (χ4v) is 6.48. The summed E-state index contributed by atoms with van der Waals surface area (Å²) in [7, 11) is -3.59. The molecule has 5 rings (SSSR count). The zero-order valence-electron chi connectivity index (χ0n) is 25.7. The van der Waals surface area contributed by atoms with Gasteiger partial charge in [-0.15, -0.1) is 0 Å². The fourth-order valence-electron chi connectivity index (χ4n) is 5.92. The smallest absolute Gasteiger partial charge is 0.435 e. The highest BCUT2D eigenvalue weighted by molar-refractivity contribution is 7.92. The standard InChI is InChI=1S/C30H35F3N6O6S/c1-28(2,3)45-27(42)39-22-9-10-24(35-21(22)16-34-39)36-25(40)23-15-19(31)17-38(23)26(41)29(11-13-30(32,33)14-12-29)18-5-7-20(8-6-18)37-46(4,43)44/h5-10,16,19,23,37H,11-15,17H2,1-4H3,(H,35,36,40)/t19-,23-/m1/s1. The average Bonchev–Trinajstić information content (AvgIpc) is 3.55. The Morgan fingerprint density at radius 1 is 1.02 bits per heavy atom. The van der Waals surface area contributed by atoms with Crippen LogP contribution < -0.4 is 10.0 Å². The van der Waals surface area contributed by atoms with Gasteiger partial charge in [0.05, 0.1) is 29.9 Å². The number of nitrogens with one attached hydrogen (secondary N) is 2. The molecule has 0 radical (unpaired) electrons. The van der Waals surface area contributed by atoms with E-state index in [-0.39, 0.29) is 36.3 Å². The van der Waals surface area contributed by atoms with E-state index in [1.165, 1.54) is 42.6 Å². The molecule has 1 saturated carbocycles. The Morgan fingerprint density at radius 3 is 2.28 bits per heavy atom. The highest BCUT2D eigenvalue weighted by Gasteiger charge is 2.53. The lowest BCUT2D eigenvalue weighted by atomic mass is 9.67. The van der Waals surface area contributed by atoms with Crippen molar-refractivity contribution in [2.75, 3.05) is 22.8 Å².